The summed E-state index contributed by atoms with van der Waals surface area (Å²) < 4.78 is 13.0. The van der Waals surface area contributed by atoms with Crippen LogP contribution in [-0.2, 0) is 11.3 Å². The summed E-state index contributed by atoms with van der Waals surface area (Å²) in [4.78, 5) is 25.2. The van der Waals surface area contributed by atoms with Crippen molar-refractivity contribution in [3.63, 3.8) is 0 Å². The third-order valence-electron chi connectivity index (χ3n) is 2.48. The highest BCUT2D eigenvalue weighted by Crippen LogP contribution is 2.12. The molecule has 1 amide bonds. The first-order valence-corrected chi connectivity index (χ1v) is 5.78. The molecule has 0 saturated carbocycles. The summed E-state index contributed by atoms with van der Waals surface area (Å²) in [6.07, 6.45) is 0. The fourth-order valence-corrected chi connectivity index (χ4v) is 1.69. The number of hydrogen-bond donors (Lipinski definition) is 2. The van der Waals surface area contributed by atoms with E-state index in [4.69, 9.17) is 11.6 Å². The number of rotatable bonds is 3. The lowest BCUT2D eigenvalue weighted by atomic mass is 10.1. The molecule has 0 fully saturated rings. The first kappa shape index (κ1) is 12.6. The average molecular weight is 269 g/mol. The van der Waals surface area contributed by atoms with Gasteiger partial charge in [-0.1, -0.05) is 0 Å². The SMILES string of the molecule is O=C(CCl)NCc1cc2ccc(F)cc2[nH]c1=O. The Bertz CT molecular complexity index is 654. The van der Waals surface area contributed by atoms with Crippen LogP contribution >= 0.6 is 11.6 Å². The van der Waals surface area contributed by atoms with Gasteiger partial charge in [0.1, 0.15) is 11.7 Å². The minimum Gasteiger partial charge on any atom is -0.351 e. The maximum absolute atomic E-state index is 13.0. The molecule has 2 rings (SSSR count). The Morgan fingerprint density at radius 2 is 2.17 bits per heavy atom. The van der Waals surface area contributed by atoms with Gasteiger partial charge in [-0.15, -0.1) is 11.6 Å². The quantitative estimate of drug-likeness (QED) is 0.829. The van der Waals surface area contributed by atoms with Crippen LogP contribution in [0.1, 0.15) is 5.56 Å². The fraction of sp³-hybridized carbons (Fsp3) is 0.167. The van der Waals surface area contributed by atoms with Gasteiger partial charge in [-0.3, -0.25) is 9.59 Å². The molecule has 1 aromatic heterocycles. The van der Waals surface area contributed by atoms with Gasteiger partial charge in [-0.25, -0.2) is 4.39 Å². The largest absolute Gasteiger partial charge is 0.351 e. The predicted octanol–water partition coefficient (Wildman–Crippen LogP) is 1.52. The van der Waals surface area contributed by atoms with Crippen molar-refractivity contribution in [2.75, 3.05) is 5.88 Å². The van der Waals surface area contributed by atoms with E-state index in [1.54, 1.807) is 12.1 Å². The molecule has 6 heteroatoms. The zero-order chi connectivity index (χ0) is 13.1. The summed E-state index contributed by atoms with van der Waals surface area (Å²) in [5.74, 6) is -0.923. The zero-order valence-corrected chi connectivity index (χ0v) is 10.1. The lowest BCUT2D eigenvalue weighted by Crippen LogP contribution is -2.27. The number of aromatic amines is 1. The highest BCUT2D eigenvalue weighted by Gasteiger charge is 2.05. The Balaban J connectivity index is 2.35. The van der Waals surface area contributed by atoms with E-state index >= 15 is 0 Å². The van der Waals surface area contributed by atoms with Crippen LogP contribution in [0.25, 0.3) is 10.9 Å². The monoisotopic (exact) mass is 268 g/mol. The average Bonchev–Trinajstić information content (AvgIpc) is 2.35. The van der Waals surface area contributed by atoms with E-state index < -0.39 is 5.82 Å². The first-order chi connectivity index (χ1) is 8.60. The molecule has 0 bridgehead atoms. The van der Waals surface area contributed by atoms with Crippen LogP contribution in [0.15, 0.2) is 29.1 Å². The van der Waals surface area contributed by atoms with Crippen molar-refractivity contribution in [3.05, 3.63) is 46.0 Å². The second-order valence-electron chi connectivity index (χ2n) is 3.77. The molecule has 1 heterocycles. The van der Waals surface area contributed by atoms with Gasteiger partial charge in [0, 0.05) is 12.1 Å². The standard InChI is InChI=1S/C12H10ClFN2O2/c13-5-11(17)15-6-8-3-7-1-2-9(14)4-10(7)16-12(8)18/h1-4H,5-6H2,(H,15,17)(H,16,18). The van der Waals surface area contributed by atoms with Gasteiger partial charge in [-0.05, 0) is 29.7 Å². The van der Waals surface area contributed by atoms with E-state index in [0.717, 1.165) is 0 Å². The van der Waals surface area contributed by atoms with Crippen LogP contribution < -0.4 is 10.9 Å². The summed E-state index contributed by atoms with van der Waals surface area (Å²) in [7, 11) is 0. The summed E-state index contributed by atoms with van der Waals surface area (Å²) in [5, 5.41) is 3.20. The molecule has 2 N–H and O–H groups in total. The summed E-state index contributed by atoms with van der Waals surface area (Å²) in [6.45, 7) is 0.0915. The highest BCUT2D eigenvalue weighted by molar-refractivity contribution is 6.27. The Morgan fingerprint density at radius 3 is 2.89 bits per heavy atom. The van der Waals surface area contributed by atoms with Crippen LogP contribution in [0, 0.1) is 5.82 Å². The molecular formula is C12H10ClFN2O2. The van der Waals surface area contributed by atoms with Crippen molar-refractivity contribution in [1.29, 1.82) is 0 Å². The second-order valence-corrected chi connectivity index (χ2v) is 4.03. The Morgan fingerprint density at radius 1 is 1.39 bits per heavy atom. The Hall–Kier alpha value is -1.88. The number of halogens is 2. The minimum atomic E-state index is -0.415. The molecule has 0 unspecified atom stereocenters. The molecule has 0 aliphatic rings. The number of carbonyl (C=O) groups is 1. The smallest absolute Gasteiger partial charge is 0.253 e. The van der Waals surface area contributed by atoms with E-state index in [-0.39, 0.29) is 23.9 Å². The van der Waals surface area contributed by atoms with E-state index in [9.17, 15) is 14.0 Å². The topological polar surface area (TPSA) is 62.0 Å². The molecular weight excluding hydrogens is 259 g/mol. The number of carbonyl (C=O) groups excluding carboxylic acids is 1. The maximum Gasteiger partial charge on any atom is 0.253 e. The van der Waals surface area contributed by atoms with E-state index in [1.807, 2.05) is 0 Å². The fourth-order valence-electron chi connectivity index (χ4n) is 1.59. The first-order valence-electron chi connectivity index (χ1n) is 5.24. The molecule has 0 aliphatic heterocycles. The lowest BCUT2D eigenvalue weighted by Gasteiger charge is -2.04. The molecule has 0 spiro atoms. The van der Waals surface area contributed by atoms with Crippen molar-refractivity contribution in [3.8, 4) is 0 Å². The number of pyridine rings is 1. The van der Waals surface area contributed by atoms with Crippen molar-refractivity contribution in [1.82, 2.24) is 10.3 Å². The van der Waals surface area contributed by atoms with Gasteiger partial charge in [0.25, 0.3) is 5.56 Å². The van der Waals surface area contributed by atoms with Crippen LogP contribution in [0.5, 0.6) is 0 Å². The third kappa shape index (κ3) is 2.68. The molecule has 0 saturated heterocycles. The molecule has 4 nitrogen and oxygen atoms in total. The summed E-state index contributed by atoms with van der Waals surface area (Å²) >= 11 is 5.33. The lowest BCUT2D eigenvalue weighted by molar-refractivity contribution is -0.118. The van der Waals surface area contributed by atoms with Crippen LogP contribution in [0.4, 0.5) is 4.39 Å². The Kier molecular flexibility index (Phi) is 3.62. The molecule has 0 radical (unpaired) electrons. The van der Waals surface area contributed by atoms with Crippen LogP contribution in [-0.4, -0.2) is 16.8 Å². The summed E-state index contributed by atoms with van der Waals surface area (Å²) in [5.41, 5.74) is 0.461. The second kappa shape index (κ2) is 5.18. The van der Waals surface area contributed by atoms with E-state index in [0.29, 0.717) is 16.5 Å². The summed E-state index contributed by atoms with van der Waals surface area (Å²) in [6, 6.07) is 5.73. The number of fused-ring (bicyclic) bond motifs is 1. The van der Waals surface area contributed by atoms with Gasteiger partial charge in [0.05, 0.1) is 5.52 Å². The molecule has 2 aromatic rings. The van der Waals surface area contributed by atoms with Gasteiger partial charge < -0.3 is 10.3 Å². The zero-order valence-electron chi connectivity index (χ0n) is 9.30. The van der Waals surface area contributed by atoms with Crippen LogP contribution in [0.2, 0.25) is 0 Å². The number of alkyl halides is 1. The van der Waals surface area contributed by atoms with Crippen molar-refractivity contribution < 1.29 is 9.18 Å². The van der Waals surface area contributed by atoms with E-state index in [2.05, 4.69) is 10.3 Å². The van der Waals surface area contributed by atoms with E-state index in [1.165, 1.54) is 12.1 Å². The highest BCUT2D eigenvalue weighted by atomic mass is 35.5. The number of benzene rings is 1. The normalized spacial score (nSPS) is 10.6. The third-order valence-corrected chi connectivity index (χ3v) is 2.73. The molecule has 0 aliphatic carbocycles. The number of aromatic nitrogens is 1. The van der Waals surface area contributed by atoms with Gasteiger partial charge in [-0.2, -0.15) is 0 Å². The van der Waals surface area contributed by atoms with Gasteiger partial charge >= 0.3 is 0 Å². The van der Waals surface area contributed by atoms with Crippen molar-refractivity contribution in [2.45, 2.75) is 6.54 Å². The molecule has 0 atom stereocenters. The molecule has 18 heavy (non-hydrogen) atoms. The number of nitrogens with one attached hydrogen (secondary N) is 2. The number of amides is 1. The van der Waals surface area contributed by atoms with Crippen molar-refractivity contribution >= 4 is 28.4 Å². The van der Waals surface area contributed by atoms with Crippen molar-refractivity contribution in [2.24, 2.45) is 0 Å². The van der Waals surface area contributed by atoms with Gasteiger partial charge in [0.2, 0.25) is 5.91 Å². The molecule has 94 valence electrons. The van der Waals surface area contributed by atoms with Gasteiger partial charge in [0.15, 0.2) is 0 Å². The number of hydrogen-bond acceptors (Lipinski definition) is 2. The Labute approximate surface area is 107 Å². The predicted molar refractivity (Wildman–Crippen MR) is 67.1 cm³/mol. The molecule has 1 aromatic carbocycles. The number of H-pyrrole nitrogens is 1. The van der Waals surface area contributed by atoms with Crippen LogP contribution in [0.3, 0.4) is 0 Å². The maximum atomic E-state index is 13.0. The minimum absolute atomic E-state index is 0.0915.